The normalized spacial score (nSPS) is 11.4. The molecule has 0 spiro atoms. The largest absolute Gasteiger partial charge is 0.444 e. The molecule has 0 saturated carbocycles. The summed E-state index contributed by atoms with van der Waals surface area (Å²) >= 11 is 0. The summed E-state index contributed by atoms with van der Waals surface area (Å²) in [6, 6.07) is 12.2. The van der Waals surface area contributed by atoms with Gasteiger partial charge in [0.15, 0.2) is 0 Å². The molecule has 0 fully saturated rings. The molecule has 0 aliphatic rings. The Morgan fingerprint density at radius 3 is 2.21 bits per heavy atom. The van der Waals surface area contributed by atoms with Crippen LogP contribution in [0.2, 0.25) is 0 Å². The van der Waals surface area contributed by atoms with Crippen LogP contribution in [-0.2, 0) is 9.53 Å². The summed E-state index contributed by atoms with van der Waals surface area (Å²) in [5.41, 5.74) is 0.378. The van der Waals surface area contributed by atoms with Gasteiger partial charge in [-0.25, -0.2) is 9.59 Å². The lowest BCUT2D eigenvalue weighted by Gasteiger charge is -2.18. The molecule has 2 aromatic rings. The number of urea groups is 1. The van der Waals surface area contributed by atoms with Crippen LogP contribution in [0.5, 0.6) is 5.75 Å². The Kier molecular flexibility index (Phi) is 7.44. The Hall–Kier alpha value is -3.49. The number of imide groups is 1. The highest BCUT2D eigenvalue weighted by molar-refractivity contribution is 5.99. The molecule has 2 N–H and O–H groups in total. The van der Waals surface area contributed by atoms with Crippen LogP contribution in [0.1, 0.15) is 28.9 Å². The van der Waals surface area contributed by atoms with Crippen molar-refractivity contribution in [1.82, 2.24) is 10.6 Å². The molecule has 0 unspecified atom stereocenters. The minimum absolute atomic E-state index is 0.0216. The predicted octanol–water partition coefficient (Wildman–Crippen LogP) is 3.03. The van der Waals surface area contributed by atoms with Gasteiger partial charge in [-0.2, -0.15) is 8.78 Å². The molecule has 0 bridgehead atoms. The number of rotatable bonds is 7. The van der Waals surface area contributed by atoms with E-state index in [1.807, 2.05) is 0 Å². The van der Waals surface area contributed by atoms with Gasteiger partial charge in [0.25, 0.3) is 5.91 Å². The number of halogens is 2. The van der Waals surface area contributed by atoms with E-state index in [0.717, 1.165) is 0 Å². The summed E-state index contributed by atoms with van der Waals surface area (Å²) in [6.07, 6.45) is -1.38. The predicted molar refractivity (Wildman–Crippen MR) is 94.9 cm³/mol. The third kappa shape index (κ3) is 6.04. The molecular weight excluding hydrogens is 374 g/mol. The fourth-order valence-electron chi connectivity index (χ4n) is 2.23. The number of esters is 1. The molecule has 2 rings (SSSR count). The van der Waals surface area contributed by atoms with Gasteiger partial charge >= 0.3 is 18.6 Å². The van der Waals surface area contributed by atoms with E-state index < -0.39 is 30.6 Å². The van der Waals surface area contributed by atoms with Crippen molar-refractivity contribution in [2.24, 2.45) is 0 Å². The highest BCUT2D eigenvalue weighted by Crippen LogP contribution is 2.21. The molecule has 28 heavy (non-hydrogen) atoms. The fourth-order valence-corrected chi connectivity index (χ4v) is 2.23. The van der Waals surface area contributed by atoms with Crippen LogP contribution >= 0.6 is 0 Å². The summed E-state index contributed by atoms with van der Waals surface area (Å²) in [5, 5.41) is 4.50. The third-order valence-corrected chi connectivity index (χ3v) is 3.45. The number of alkyl halides is 2. The number of benzene rings is 2. The average molecular weight is 392 g/mol. The molecule has 0 saturated heterocycles. The van der Waals surface area contributed by atoms with E-state index in [4.69, 9.17) is 4.74 Å². The molecule has 0 aliphatic carbocycles. The van der Waals surface area contributed by atoms with E-state index in [1.54, 1.807) is 37.3 Å². The topological polar surface area (TPSA) is 93.7 Å². The third-order valence-electron chi connectivity index (χ3n) is 3.45. The number of hydrogen-bond acceptors (Lipinski definition) is 5. The maximum absolute atomic E-state index is 12.4. The number of ether oxygens (including phenoxy) is 2. The Bertz CT molecular complexity index is 813. The lowest BCUT2D eigenvalue weighted by Crippen LogP contribution is -2.42. The van der Waals surface area contributed by atoms with Crippen LogP contribution in [0.3, 0.4) is 0 Å². The van der Waals surface area contributed by atoms with Gasteiger partial charge in [0.2, 0.25) is 6.10 Å². The smallest absolute Gasteiger partial charge is 0.387 e. The molecule has 7 nitrogen and oxygen atoms in total. The maximum atomic E-state index is 12.4. The molecule has 1 atom stereocenters. The Balaban J connectivity index is 2.16. The number of nitrogens with one attached hydrogen (secondary N) is 2. The van der Waals surface area contributed by atoms with E-state index >= 15 is 0 Å². The van der Waals surface area contributed by atoms with Crippen LogP contribution in [-0.4, -0.2) is 31.1 Å². The van der Waals surface area contributed by atoms with Gasteiger partial charge in [0, 0.05) is 12.1 Å². The highest BCUT2D eigenvalue weighted by Gasteiger charge is 2.27. The van der Waals surface area contributed by atoms with Crippen molar-refractivity contribution in [2.45, 2.75) is 19.6 Å². The first-order chi connectivity index (χ1) is 13.4. The average Bonchev–Trinajstić information content (AvgIpc) is 2.66. The van der Waals surface area contributed by atoms with Crippen molar-refractivity contribution >= 4 is 17.9 Å². The van der Waals surface area contributed by atoms with Gasteiger partial charge in [-0.3, -0.25) is 10.1 Å². The van der Waals surface area contributed by atoms with E-state index in [2.05, 4.69) is 15.4 Å². The molecule has 0 heterocycles. The van der Waals surface area contributed by atoms with Gasteiger partial charge in [-0.1, -0.05) is 30.3 Å². The second kappa shape index (κ2) is 10.0. The molecule has 9 heteroatoms. The molecule has 2 aromatic carbocycles. The van der Waals surface area contributed by atoms with Crippen LogP contribution in [0, 0.1) is 0 Å². The second-order valence-corrected chi connectivity index (χ2v) is 5.45. The molecule has 0 aliphatic heterocycles. The quantitative estimate of drug-likeness (QED) is 0.707. The molecule has 3 amide bonds. The van der Waals surface area contributed by atoms with Gasteiger partial charge in [0.1, 0.15) is 5.75 Å². The van der Waals surface area contributed by atoms with Crippen LogP contribution in [0.15, 0.2) is 54.6 Å². The van der Waals surface area contributed by atoms with Crippen LogP contribution in [0.25, 0.3) is 0 Å². The number of amides is 3. The van der Waals surface area contributed by atoms with Crippen molar-refractivity contribution < 1.29 is 32.6 Å². The van der Waals surface area contributed by atoms with Crippen molar-refractivity contribution in [3.05, 3.63) is 65.7 Å². The Morgan fingerprint density at radius 2 is 1.64 bits per heavy atom. The molecule has 0 radical (unpaired) electrons. The maximum Gasteiger partial charge on any atom is 0.387 e. The zero-order valence-corrected chi connectivity index (χ0v) is 14.9. The molecule has 0 aromatic heterocycles. The zero-order valence-electron chi connectivity index (χ0n) is 14.9. The summed E-state index contributed by atoms with van der Waals surface area (Å²) < 4.78 is 33.9. The fraction of sp³-hybridized carbons (Fsp3) is 0.211. The number of carbonyl (C=O) groups is 3. The highest BCUT2D eigenvalue weighted by atomic mass is 19.3. The van der Waals surface area contributed by atoms with Gasteiger partial charge < -0.3 is 14.8 Å². The summed E-state index contributed by atoms with van der Waals surface area (Å²) in [4.78, 5) is 36.4. The lowest BCUT2D eigenvalue weighted by atomic mass is 10.1. The van der Waals surface area contributed by atoms with E-state index in [-0.39, 0.29) is 11.3 Å². The van der Waals surface area contributed by atoms with Crippen molar-refractivity contribution in [3.63, 3.8) is 0 Å². The van der Waals surface area contributed by atoms with E-state index in [0.29, 0.717) is 12.1 Å². The first-order valence-corrected chi connectivity index (χ1v) is 8.30. The lowest BCUT2D eigenvalue weighted by molar-refractivity contribution is -0.129. The monoisotopic (exact) mass is 392 g/mol. The standard InChI is InChI=1S/C19H18F2N2O5/c1-2-22-19(26)23-16(24)15(12-6-4-3-5-7-12)28-17(25)13-8-10-14(11-9-13)27-18(20)21/h3-11,15,18H,2H2,1H3,(H2,22,23,24,26)/t15-/m0/s1. The minimum atomic E-state index is -2.99. The molecular formula is C19H18F2N2O5. The van der Waals surface area contributed by atoms with Crippen LogP contribution < -0.4 is 15.4 Å². The first kappa shape index (κ1) is 20.8. The second-order valence-electron chi connectivity index (χ2n) is 5.45. The van der Waals surface area contributed by atoms with Crippen molar-refractivity contribution in [1.29, 1.82) is 0 Å². The van der Waals surface area contributed by atoms with E-state index in [9.17, 15) is 23.2 Å². The van der Waals surface area contributed by atoms with Crippen molar-refractivity contribution in [3.8, 4) is 5.75 Å². The zero-order chi connectivity index (χ0) is 20.5. The van der Waals surface area contributed by atoms with Gasteiger partial charge in [-0.15, -0.1) is 0 Å². The SMILES string of the molecule is CCNC(=O)NC(=O)[C@@H](OC(=O)c1ccc(OC(F)F)cc1)c1ccccc1. The van der Waals surface area contributed by atoms with Gasteiger partial charge in [0.05, 0.1) is 5.56 Å². The van der Waals surface area contributed by atoms with Crippen LogP contribution in [0.4, 0.5) is 13.6 Å². The van der Waals surface area contributed by atoms with E-state index in [1.165, 1.54) is 24.3 Å². The summed E-state index contributed by atoms with van der Waals surface area (Å²) in [6.45, 7) is -1.000. The Labute approximate surface area is 159 Å². The summed E-state index contributed by atoms with van der Waals surface area (Å²) in [5.74, 6) is -1.83. The minimum Gasteiger partial charge on any atom is -0.444 e. The summed E-state index contributed by atoms with van der Waals surface area (Å²) in [7, 11) is 0. The number of carbonyl (C=O) groups excluding carboxylic acids is 3. The Morgan fingerprint density at radius 1 is 1.00 bits per heavy atom. The number of hydrogen-bond donors (Lipinski definition) is 2. The molecule has 148 valence electrons. The first-order valence-electron chi connectivity index (χ1n) is 8.30. The van der Waals surface area contributed by atoms with Gasteiger partial charge in [-0.05, 0) is 31.2 Å². The van der Waals surface area contributed by atoms with Crippen molar-refractivity contribution in [2.75, 3.05) is 6.54 Å².